The van der Waals surface area contributed by atoms with Crippen molar-refractivity contribution < 1.29 is 42.7 Å². The van der Waals surface area contributed by atoms with E-state index in [0.717, 1.165) is 28.2 Å². The van der Waals surface area contributed by atoms with Crippen molar-refractivity contribution in [1.82, 2.24) is 0 Å². The molecule has 10 heteroatoms. The topological polar surface area (TPSA) is 94.1 Å². The predicted molar refractivity (Wildman–Crippen MR) is 236 cm³/mol. The van der Waals surface area contributed by atoms with Crippen molar-refractivity contribution in [1.29, 1.82) is 0 Å². The monoisotopic (exact) mass is 826 g/mol. The minimum Gasteiger partial charge on any atom is -0.497 e. The van der Waals surface area contributed by atoms with Crippen LogP contribution in [0.5, 0.6) is 11.5 Å². The summed E-state index contributed by atoms with van der Waals surface area (Å²) in [6.07, 6.45) is -0.918. The Kier molecular flexibility index (Phi) is 16.9. The predicted octanol–water partition coefficient (Wildman–Crippen LogP) is 8.40. The SMILES string of the molecule is C=C(C[C@@H](O)[C@H](OCc1ccc(OC)cc1)[C@@H]1COC(CC)(CC)O1)C[C@@H](OC)[C@H](CO[Si](c1ccccc1)(c1ccccc1)C(C)(C)C)OCc1ccc(OC)cc1. The maximum Gasteiger partial charge on any atom is 0.261 e. The maximum absolute atomic E-state index is 11.9. The second-order valence-corrected chi connectivity index (χ2v) is 20.7. The van der Waals surface area contributed by atoms with E-state index >= 15 is 0 Å². The average Bonchev–Trinajstić information content (AvgIpc) is 3.69. The summed E-state index contributed by atoms with van der Waals surface area (Å²) in [6, 6.07) is 36.8. The Morgan fingerprint density at radius 3 is 1.69 bits per heavy atom. The highest BCUT2D eigenvalue weighted by Gasteiger charge is 2.51. The van der Waals surface area contributed by atoms with Crippen LogP contribution in [0.25, 0.3) is 0 Å². The molecule has 0 bridgehead atoms. The van der Waals surface area contributed by atoms with Crippen LogP contribution in [0.2, 0.25) is 5.04 Å². The third kappa shape index (κ3) is 11.7. The maximum atomic E-state index is 11.9. The van der Waals surface area contributed by atoms with E-state index in [9.17, 15) is 5.11 Å². The average molecular weight is 827 g/mol. The molecule has 5 rings (SSSR count). The summed E-state index contributed by atoms with van der Waals surface area (Å²) in [6.45, 7) is 16.6. The first-order chi connectivity index (χ1) is 28.4. The van der Waals surface area contributed by atoms with Crippen molar-refractivity contribution >= 4 is 18.7 Å². The summed E-state index contributed by atoms with van der Waals surface area (Å²) >= 11 is 0. The van der Waals surface area contributed by atoms with Gasteiger partial charge in [0.1, 0.15) is 29.8 Å². The minimum atomic E-state index is -2.91. The lowest BCUT2D eigenvalue weighted by Gasteiger charge is -2.44. The quantitative estimate of drug-likeness (QED) is 0.0585. The lowest BCUT2D eigenvalue weighted by Crippen LogP contribution is -2.67. The second kappa shape index (κ2) is 21.6. The fourth-order valence-electron chi connectivity index (χ4n) is 8.04. The fourth-order valence-corrected chi connectivity index (χ4v) is 12.6. The van der Waals surface area contributed by atoms with E-state index in [0.29, 0.717) is 32.5 Å². The zero-order valence-electron chi connectivity index (χ0n) is 36.4. The molecule has 9 nitrogen and oxygen atoms in total. The molecule has 0 radical (unpaired) electrons. The molecule has 5 atom stereocenters. The van der Waals surface area contributed by atoms with Crippen LogP contribution in [0.1, 0.15) is 71.4 Å². The van der Waals surface area contributed by atoms with Gasteiger partial charge in [-0.25, -0.2) is 0 Å². The van der Waals surface area contributed by atoms with Crippen LogP contribution < -0.4 is 19.8 Å². The van der Waals surface area contributed by atoms with Gasteiger partial charge in [0.05, 0.1) is 52.9 Å². The molecular weight excluding hydrogens is 761 g/mol. The molecule has 1 aliphatic heterocycles. The van der Waals surface area contributed by atoms with Gasteiger partial charge in [0.2, 0.25) is 0 Å². The Morgan fingerprint density at radius 2 is 1.25 bits per heavy atom. The van der Waals surface area contributed by atoms with E-state index in [2.05, 4.69) is 75.9 Å². The summed E-state index contributed by atoms with van der Waals surface area (Å²) in [4.78, 5) is 0. The molecule has 0 spiro atoms. The van der Waals surface area contributed by atoms with Gasteiger partial charge in [0, 0.05) is 7.11 Å². The molecule has 0 amide bonds. The second-order valence-electron chi connectivity index (χ2n) is 16.4. The van der Waals surface area contributed by atoms with E-state index in [1.54, 1.807) is 21.3 Å². The minimum absolute atomic E-state index is 0.230. The molecular formula is C49H66O9Si. The van der Waals surface area contributed by atoms with Crippen molar-refractivity contribution in [3.63, 3.8) is 0 Å². The Morgan fingerprint density at radius 1 is 0.746 bits per heavy atom. The van der Waals surface area contributed by atoms with Gasteiger partial charge in [0.15, 0.2) is 5.79 Å². The van der Waals surface area contributed by atoms with Crippen LogP contribution in [0.3, 0.4) is 0 Å². The number of hydrogen-bond acceptors (Lipinski definition) is 9. The Hall–Kier alpha value is -3.84. The Bertz CT molecular complexity index is 1790. The number of hydrogen-bond donors (Lipinski definition) is 1. The van der Waals surface area contributed by atoms with Crippen LogP contribution in [0.4, 0.5) is 0 Å². The Balaban J connectivity index is 1.39. The van der Waals surface area contributed by atoms with Crippen molar-refractivity contribution in [3.05, 3.63) is 132 Å². The molecule has 0 unspecified atom stereocenters. The van der Waals surface area contributed by atoms with Gasteiger partial charge in [-0.05, 0) is 76.5 Å². The number of benzene rings is 4. The lowest BCUT2D eigenvalue weighted by atomic mass is 9.96. The molecule has 0 saturated carbocycles. The van der Waals surface area contributed by atoms with Gasteiger partial charge >= 0.3 is 0 Å². The van der Waals surface area contributed by atoms with Gasteiger partial charge in [-0.15, -0.1) is 0 Å². The van der Waals surface area contributed by atoms with E-state index in [4.69, 9.17) is 37.6 Å². The van der Waals surface area contributed by atoms with E-state index in [1.807, 2.05) is 74.5 Å². The molecule has 1 fully saturated rings. The van der Waals surface area contributed by atoms with Crippen LogP contribution in [-0.4, -0.2) is 84.3 Å². The number of ether oxygens (including phenoxy) is 7. The van der Waals surface area contributed by atoms with Crippen LogP contribution >= 0.6 is 0 Å². The number of rotatable bonds is 23. The van der Waals surface area contributed by atoms with Crippen molar-refractivity contribution in [3.8, 4) is 11.5 Å². The fraction of sp³-hybridized carbons (Fsp3) is 0.469. The van der Waals surface area contributed by atoms with Gasteiger partial charge in [-0.3, -0.25) is 0 Å². The van der Waals surface area contributed by atoms with E-state index < -0.39 is 44.6 Å². The first kappa shape index (κ1) is 46.2. The van der Waals surface area contributed by atoms with Crippen LogP contribution in [0.15, 0.2) is 121 Å². The van der Waals surface area contributed by atoms with Gasteiger partial charge in [0.25, 0.3) is 8.32 Å². The first-order valence-electron chi connectivity index (χ1n) is 20.8. The third-order valence-corrected chi connectivity index (χ3v) is 16.5. The van der Waals surface area contributed by atoms with E-state index in [1.165, 1.54) is 10.4 Å². The van der Waals surface area contributed by atoms with Crippen molar-refractivity contribution in [2.45, 2.75) is 115 Å². The highest BCUT2D eigenvalue weighted by molar-refractivity contribution is 6.99. The van der Waals surface area contributed by atoms with Crippen LogP contribution in [0, 0.1) is 0 Å². The smallest absolute Gasteiger partial charge is 0.261 e. The number of aliphatic hydroxyl groups excluding tert-OH is 1. The number of aliphatic hydroxyl groups is 1. The highest BCUT2D eigenvalue weighted by atomic mass is 28.4. The summed E-state index contributed by atoms with van der Waals surface area (Å²) in [5.74, 6) is 0.839. The van der Waals surface area contributed by atoms with Gasteiger partial charge in [-0.1, -0.05) is 132 Å². The molecule has 1 aliphatic rings. The molecule has 1 N–H and O–H groups in total. The van der Waals surface area contributed by atoms with Crippen molar-refractivity contribution in [2.24, 2.45) is 0 Å². The van der Waals surface area contributed by atoms with Gasteiger partial charge < -0.3 is 42.7 Å². The molecule has 4 aromatic rings. The highest BCUT2D eigenvalue weighted by Crippen LogP contribution is 2.38. The molecule has 0 aliphatic carbocycles. The standard InChI is InChI=1S/C49H66O9Si/c1-10-49(11-2)56-34-46(58-49)47(55-33-38-24-28-40(52-8)29-25-38)43(50)30-36(3)31-44(53-9)45(54-32-37-22-26-39(51-7)27-23-37)35-57-59(48(4,5)6,41-18-14-12-15-19-41)42-20-16-13-17-21-42/h12-29,43-47,50H,3,10-11,30-35H2,1-2,4-9H3/t43-,44-,45+,46+,47+/m1/s1. The summed E-state index contributed by atoms with van der Waals surface area (Å²) in [7, 11) is 2.08. The first-order valence-corrected chi connectivity index (χ1v) is 22.7. The largest absolute Gasteiger partial charge is 0.497 e. The molecule has 320 valence electrons. The zero-order valence-corrected chi connectivity index (χ0v) is 37.4. The summed E-state index contributed by atoms with van der Waals surface area (Å²) < 4.78 is 50.4. The summed E-state index contributed by atoms with van der Waals surface area (Å²) in [5.41, 5.74) is 2.74. The van der Waals surface area contributed by atoms with Crippen LogP contribution in [-0.2, 0) is 41.3 Å². The normalized spacial score (nSPS) is 17.5. The molecule has 1 saturated heterocycles. The zero-order chi connectivity index (χ0) is 42.5. The van der Waals surface area contributed by atoms with E-state index in [-0.39, 0.29) is 24.7 Å². The third-order valence-electron chi connectivity index (χ3n) is 11.5. The molecule has 59 heavy (non-hydrogen) atoms. The number of methoxy groups -OCH3 is 3. The molecule has 0 aromatic heterocycles. The lowest BCUT2D eigenvalue weighted by molar-refractivity contribution is -0.195. The van der Waals surface area contributed by atoms with Gasteiger partial charge in [-0.2, -0.15) is 0 Å². The molecule has 1 heterocycles. The summed E-state index contributed by atoms with van der Waals surface area (Å²) in [5, 5.41) is 14.1. The molecule has 4 aromatic carbocycles. The van der Waals surface area contributed by atoms with Crippen molar-refractivity contribution in [2.75, 3.05) is 34.5 Å². The Labute approximate surface area is 353 Å².